The predicted octanol–water partition coefficient (Wildman–Crippen LogP) is -0.709. The van der Waals surface area contributed by atoms with E-state index in [2.05, 4.69) is 10.6 Å². The van der Waals surface area contributed by atoms with Crippen molar-refractivity contribution in [2.75, 3.05) is 26.8 Å². The highest BCUT2D eigenvalue weighted by molar-refractivity contribution is 5.77. The maximum Gasteiger partial charge on any atom is 0.233 e. The fourth-order valence-electron chi connectivity index (χ4n) is 0.357. The molecule has 0 spiro atoms. The molecule has 1 amide bonds. The number of halogens is 1. The van der Waals surface area contributed by atoms with Crippen molar-refractivity contribution in [2.45, 2.75) is 0 Å². The molecule has 0 rings (SSSR count). The molecule has 0 unspecified atom stereocenters. The van der Waals surface area contributed by atoms with E-state index >= 15 is 0 Å². The van der Waals surface area contributed by atoms with Gasteiger partial charge in [-0.15, -0.1) is 0 Å². The van der Waals surface area contributed by atoms with Gasteiger partial charge in [0.2, 0.25) is 5.91 Å². The van der Waals surface area contributed by atoms with E-state index in [0.29, 0.717) is 0 Å². The standard InChI is InChI=1S/C5H11FN2O/c1-7-5(9)4-8-3-2-6/h8H,2-4H2,1H3,(H,7,9). The van der Waals surface area contributed by atoms with Gasteiger partial charge in [-0.3, -0.25) is 4.79 Å². The zero-order valence-corrected chi connectivity index (χ0v) is 5.41. The van der Waals surface area contributed by atoms with E-state index < -0.39 is 6.67 Å². The maximum absolute atomic E-state index is 11.4. The summed E-state index contributed by atoms with van der Waals surface area (Å²) in [5, 5.41) is 5.00. The lowest BCUT2D eigenvalue weighted by atomic mass is 10.5. The molecular formula is C5H11FN2O. The van der Waals surface area contributed by atoms with Crippen LogP contribution in [0, 0.1) is 0 Å². The van der Waals surface area contributed by atoms with E-state index in [1.54, 1.807) is 7.05 Å². The molecule has 0 aromatic rings. The number of amides is 1. The van der Waals surface area contributed by atoms with Gasteiger partial charge in [0.25, 0.3) is 0 Å². The summed E-state index contributed by atoms with van der Waals surface area (Å²) in [4.78, 5) is 10.4. The molecule has 4 heteroatoms. The zero-order chi connectivity index (χ0) is 7.11. The first-order chi connectivity index (χ1) is 4.31. The molecule has 0 radical (unpaired) electrons. The van der Waals surface area contributed by atoms with Crippen LogP contribution in [0.2, 0.25) is 0 Å². The summed E-state index contributed by atoms with van der Waals surface area (Å²) < 4.78 is 11.4. The molecule has 0 aromatic heterocycles. The van der Waals surface area contributed by atoms with Gasteiger partial charge in [0.1, 0.15) is 6.67 Å². The minimum absolute atomic E-state index is 0.122. The van der Waals surface area contributed by atoms with Crippen molar-refractivity contribution in [1.82, 2.24) is 10.6 Å². The van der Waals surface area contributed by atoms with Gasteiger partial charge >= 0.3 is 0 Å². The van der Waals surface area contributed by atoms with Crippen molar-refractivity contribution >= 4 is 5.91 Å². The Balaban J connectivity index is 2.97. The second-order valence-corrected chi connectivity index (χ2v) is 1.54. The number of hydrogen-bond donors (Lipinski definition) is 2. The van der Waals surface area contributed by atoms with Crippen LogP contribution in [0.15, 0.2) is 0 Å². The van der Waals surface area contributed by atoms with E-state index in [1.165, 1.54) is 0 Å². The van der Waals surface area contributed by atoms with Gasteiger partial charge < -0.3 is 10.6 Å². The van der Waals surface area contributed by atoms with Crippen LogP contribution < -0.4 is 10.6 Å². The fraction of sp³-hybridized carbons (Fsp3) is 0.800. The summed E-state index contributed by atoms with van der Waals surface area (Å²) in [6, 6.07) is 0. The van der Waals surface area contributed by atoms with Gasteiger partial charge in [0.05, 0.1) is 6.54 Å². The normalized spacial score (nSPS) is 9.11. The third kappa shape index (κ3) is 5.23. The van der Waals surface area contributed by atoms with E-state index in [1.807, 2.05) is 0 Å². The Kier molecular flexibility index (Phi) is 5.11. The van der Waals surface area contributed by atoms with Gasteiger partial charge in [-0.2, -0.15) is 0 Å². The largest absolute Gasteiger partial charge is 0.358 e. The number of carbonyl (C=O) groups excluding carboxylic acids is 1. The van der Waals surface area contributed by atoms with Gasteiger partial charge in [-0.25, -0.2) is 4.39 Å². The van der Waals surface area contributed by atoms with Crippen molar-refractivity contribution in [3.8, 4) is 0 Å². The highest BCUT2D eigenvalue weighted by Crippen LogP contribution is 1.63. The van der Waals surface area contributed by atoms with Crippen LogP contribution in [0.3, 0.4) is 0 Å². The number of carbonyl (C=O) groups is 1. The number of hydrogen-bond acceptors (Lipinski definition) is 2. The lowest BCUT2D eigenvalue weighted by Crippen LogP contribution is -2.32. The van der Waals surface area contributed by atoms with Crippen LogP contribution in [0.1, 0.15) is 0 Å². The monoisotopic (exact) mass is 134 g/mol. The highest BCUT2D eigenvalue weighted by atomic mass is 19.1. The van der Waals surface area contributed by atoms with Crippen LogP contribution >= 0.6 is 0 Å². The second kappa shape index (κ2) is 5.50. The molecular weight excluding hydrogens is 123 g/mol. The Morgan fingerprint density at radius 3 is 2.78 bits per heavy atom. The van der Waals surface area contributed by atoms with Crippen LogP contribution in [0.4, 0.5) is 4.39 Å². The Bertz CT molecular complexity index is 87.0. The summed E-state index contributed by atoms with van der Waals surface area (Å²) in [5.41, 5.74) is 0. The van der Waals surface area contributed by atoms with Crippen LogP contribution in [0.25, 0.3) is 0 Å². The van der Waals surface area contributed by atoms with Crippen molar-refractivity contribution in [1.29, 1.82) is 0 Å². The molecule has 0 saturated heterocycles. The zero-order valence-electron chi connectivity index (χ0n) is 5.41. The molecule has 0 aliphatic rings. The lowest BCUT2D eigenvalue weighted by molar-refractivity contribution is -0.119. The molecule has 0 aliphatic carbocycles. The number of nitrogens with one attached hydrogen (secondary N) is 2. The Labute approximate surface area is 53.6 Å². The van der Waals surface area contributed by atoms with Crippen molar-refractivity contribution in [3.63, 3.8) is 0 Å². The summed E-state index contributed by atoms with van der Waals surface area (Å²) in [5.74, 6) is -0.122. The van der Waals surface area contributed by atoms with E-state index in [4.69, 9.17) is 0 Å². The molecule has 0 atom stereocenters. The molecule has 0 aromatic carbocycles. The van der Waals surface area contributed by atoms with Gasteiger partial charge in [0, 0.05) is 13.6 Å². The second-order valence-electron chi connectivity index (χ2n) is 1.54. The first kappa shape index (κ1) is 8.36. The third-order valence-corrected chi connectivity index (χ3v) is 0.836. The average molecular weight is 134 g/mol. The van der Waals surface area contributed by atoms with E-state index in [9.17, 15) is 9.18 Å². The Morgan fingerprint density at radius 2 is 2.33 bits per heavy atom. The summed E-state index contributed by atoms with van der Waals surface area (Å²) >= 11 is 0. The topological polar surface area (TPSA) is 41.1 Å². The quantitative estimate of drug-likeness (QED) is 0.499. The van der Waals surface area contributed by atoms with Crippen LogP contribution in [0.5, 0.6) is 0 Å². The lowest BCUT2D eigenvalue weighted by Gasteiger charge is -1.98. The summed E-state index contributed by atoms with van der Waals surface area (Å²) in [6.07, 6.45) is 0. The predicted molar refractivity (Wildman–Crippen MR) is 32.9 cm³/mol. The minimum atomic E-state index is -0.434. The van der Waals surface area contributed by atoms with Crippen LogP contribution in [-0.4, -0.2) is 32.7 Å². The molecule has 3 nitrogen and oxygen atoms in total. The molecule has 0 bridgehead atoms. The van der Waals surface area contributed by atoms with Crippen molar-refractivity contribution in [2.24, 2.45) is 0 Å². The first-order valence-corrected chi connectivity index (χ1v) is 2.78. The Hall–Kier alpha value is -0.640. The van der Waals surface area contributed by atoms with Crippen molar-refractivity contribution < 1.29 is 9.18 Å². The molecule has 0 aliphatic heterocycles. The van der Waals surface area contributed by atoms with Gasteiger partial charge in [-0.1, -0.05) is 0 Å². The Morgan fingerprint density at radius 1 is 1.67 bits per heavy atom. The summed E-state index contributed by atoms with van der Waals surface area (Å²) in [7, 11) is 1.54. The molecule has 2 N–H and O–H groups in total. The minimum Gasteiger partial charge on any atom is -0.358 e. The van der Waals surface area contributed by atoms with E-state index in [-0.39, 0.29) is 19.0 Å². The number of rotatable bonds is 4. The highest BCUT2D eigenvalue weighted by Gasteiger charge is 1.93. The van der Waals surface area contributed by atoms with Crippen LogP contribution in [-0.2, 0) is 4.79 Å². The number of alkyl halides is 1. The van der Waals surface area contributed by atoms with Crippen molar-refractivity contribution in [3.05, 3.63) is 0 Å². The van der Waals surface area contributed by atoms with Gasteiger partial charge in [0.15, 0.2) is 0 Å². The molecule has 54 valence electrons. The van der Waals surface area contributed by atoms with Gasteiger partial charge in [-0.05, 0) is 0 Å². The maximum atomic E-state index is 11.4. The molecule has 0 heterocycles. The average Bonchev–Trinajstić information content (AvgIpc) is 1.89. The first-order valence-electron chi connectivity index (χ1n) is 2.78. The van der Waals surface area contributed by atoms with E-state index in [0.717, 1.165) is 0 Å². The SMILES string of the molecule is CNC(=O)CNCCF. The number of likely N-dealkylation sites (N-methyl/N-ethyl adjacent to an activating group) is 1. The summed E-state index contributed by atoms with van der Waals surface area (Å²) in [6.45, 7) is 0.00480. The molecule has 0 fully saturated rings. The smallest absolute Gasteiger partial charge is 0.233 e. The molecule has 0 saturated carbocycles. The third-order valence-electron chi connectivity index (χ3n) is 0.836. The molecule has 9 heavy (non-hydrogen) atoms. The fourth-order valence-corrected chi connectivity index (χ4v) is 0.357.